The normalized spacial score (nSPS) is 18.9. The molecule has 4 nitrogen and oxygen atoms in total. The number of nitrogens with zero attached hydrogens (tertiary/aromatic N) is 2. The van der Waals surface area contributed by atoms with Crippen LogP contribution in [0.4, 0.5) is 0 Å². The summed E-state index contributed by atoms with van der Waals surface area (Å²) in [5.41, 5.74) is 7.13. The second-order valence-corrected chi connectivity index (χ2v) is 5.23. The number of imidazole rings is 1. The lowest BCUT2D eigenvalue weighted by atomic mass is 9.83. The zero-order valence-corrected chi connectivity index (χ0v) is 10.5. The quantitative estimate of drug-likeness (QED) is 0.903. The van der Waals surface area contributed by atoms with Crippen LogP contribution in [0.2, 0.25) is 0 Å². The molecule has 1 fully saturated rings. The standard InChI is InChI=1S/C14H19N3O/c15-14(7-2-1-3-8-14)11-18-13-6-4-5-12-16-9-10-17(12)13/h4-6,9-10H,1-3,7-8,11,15H2. The van der Waals surface area contributed by atoms with Gasteiger partial charge >= 0.3 is 0 Å². The van der Waals surface area contributed by atoms with Crippen LogP contribution < -0.4 is 10.5 Å². The lowest BCUT2D eigenvalue weighted by Crippen LogP contribution is -2.47. The van der Waals surface area contributed by atoms with E-state index in [0.29, 0.717) is 6.61 Å². The average molecular weight is 245 g/mol. The first-order valence-corrected chi connectivity index (χ1v) is 6.61. The molecule has 0 atom stereocenters. The Kier molecular flexibility index (Phi) is 2.96. The van der Waals surface area contributed by atoms with Gasteiger partial charge in [0, 0.05) is 12.4 Å². The summed E-state index contributed by atoms with van der Waals surface area (Å²) in [6.45, 7) is 0.588. The summed E-state index contributed by atoms with van der Waals surface area (Å²) >= 11 is 0. The Balaban J connectivity index is 1.74. The van der Waals surface area contributed by atoms with Crippen LogP contribution in [-0.2, 0) is 0 Å². The maximum atomic E-state index is 6.38. The van der Waals surface area contributed by atoms with Gasteiger partial charge in [-0.2, -0.15) is 0 Å². The van der Waals surface area contributed by atoms with Gasteiger partial charge < -0.3 is 10.5 Å². The molecule has 96 valence electrons. The van der Waals surface area contributed by atoms with Gasteiger partial charge in [0.1, 0.15) is 12.3 Å². The summed E-state index contributed by atoms with van der Waals surface area (Å²) in [4.78, 5) is 4.24. The Bertz CT molecular complexity index is 529. The average Bonchev–Trinajstić information content (AvgIpc) is 2.86. The smallest absolute Gasteiger partial charge is 0.199 e. The minimum absolute atomic E-state index is 0.152. The number of fused-ring (bicyclic) bond motifs is 1. The molecule has 1 saturated carbocycles. The van der Waals surface area contributed by atoms with Crippen molar-refractivity contribution in [1.29, 1.82) is 0 Å². The minimum atomic E-state index is -0.152. The van der Waals surface area contributed by atoms with Crippen molar-refractivity contribution in [2.75, 3.05) is 6.61 Å². The SMILES string of the molecule is NC1(COc2cccc3nccn23)CCCCC1. The fraction of sp³-hybridized carbons (Fsp3) is 0.500. The number of hydrogen-bond donors (Lipinski definition) is 1. The number of hydrogen-bond acceptors (Lipinski definition) is 3. The molecule has 18 heavy (non-hydrogen) atoms. The third-order valence-electron chi connectivity index (χ3n) is 3.75. The van der Waals surface area contributed by atoms with Gasteiger partial charge in [0.25, 0.3) is 0 Å². The van der Waals surface area contributed by atoms with Crippen LogP contribution in [0, 0.1) is 0 Å². The van der Waals surface area contributed by atoms with Gasteiger partial charge in [0.15, 0.2) is 5.88 Å². The first kappa shape index (κ1) is 11.5. The molecule has 0 bridgehead atoms. The van der Waals surface area contributed by atoms with Crippen molar-refractivity contribution in [2.24, 2.45) is 5.73 Å². The maximum Gasteiger partial charge on any atom is 0.199 e. The first-order chi connectivity index (χ1) is 8.77. The molecule has 0 aromatic carbocycles. The molecule has 4 heteroatoms. The molecule has 0 radical (unpaired) electrons. The molecule has 0 unspecified atom stereocenters. The van der Waals surface area contributed by atoms with Gasteiger partial charge in [-0.3, -0.25) is 4.40 Å². The van der Waals surface area contributed by atoms with E-state index in [1.807, 2.05) is 28.8 Å². The van der Waals surface area contributed by atoms with Crippen molar-refractivity contribution in [3.63, 3.8) is 0 Å². The fourth-order valence-electron chi connectivity index (χ4n) is 2.66. The molecule has 2 N–H and O–H groups in total. The van der Waals surface area contributed by atoms with Crippen LogP contribution in [0.3, 0.4) is 0 Å². The third-order valence-corrected chi connectivity index (χ3v) is 3.75. The van der Waals surface area contributed by atoms with E-state index in [-0.39, 0.29) is 5.54 Å². The second kappa shape index (κ2) is 4.61. The molecule has 3 rings (SSSR count). The van der Waals surface area contributed by atoms with Crippen LogP contribution in [0.15, 0.2) is 30.6 Å². The third kappa shape index (κ3) is 2.20. The minimum Gasteiger partial charge on any atom is -0.477 e. The van der Waals surface area contributed by atoms with E-state index in [9.17, 15) is 0 Å². The molecule has 0 amide bonds. The molecule has 2 aromatic heterocycles. The summed E-state index contributed by atoms with van der Waals surface area (Å²) in [5, 5.41) is 0. The molecular weight excluding hydrogens is 226 g/mol. The number of aromatic nitrogens is 2. The molecule has 1 aliphatic rings. The largest absolute Gasteiger partial charge is 0.477 e. The van der Waals surface area contributed by atoms with E-state index in [0.717, 1.165) is 24.4 Å². The van der Waals surface area contributed by atoms with Gasteiger partial charge in [-0.15, -0.1) is 0 Å². The topological polar surface area (TPSA) is 52.5 Å². The summed E-state index contributed by atoms with van der Waals surface area (Å²) in [5.74, 6) is 0.820. The molecular formula is C14H19N3O. The number of nitrogens with two attached hydrogens (primary N) is 1. The van der Waals surface area contributed by atoms with Gasteiger partial charge in [0.2, 0.25) is 0 Å². The van der Waals surface area contributed by atoms with Gasteiger partial charge in [0.05, 0.1) is 5.54 Å². The highest BCUT2D eigenvalue weighted by atomic mass is 16.5. The van der Waals surface area contributed by atoms with Crippen LogP contribution >= 0.6 is 0 Å². The highest BCUT2D eigenvalue weighted by molar-refractivity contribution is 5.41. The number of pyridine rings is 1. The van der Waals surface area contributed by atoms with E-state index in [4.69, 9.17) is 10.5 Å². The van der Waals surface area contributed by atoms with E-state index in [2.05, 4.69) is 4.98 Å². The van der Waals surface area contributed by atoms with E-state index >= 15 is 0 Å². The summed E-state index contributed by atoms with van der Waals surface area (Å²) in [7, 11) is 0. The van der Waals surface area contributed by atoms with Crippen LogP contribution in [0.1, 0.15) is 32.1 Å². The number of ether oxygens (including phenoxy) is 1. The van der Waals surface area contributed by atoms with Crippen molar-refractivity contribution in [2.45, 2.75) is 37.6 Å². The van der Waals surface area contributed by atoms with E-state index in [1.165, 1.54) is 19.3 Å². The first-order valence-electron chi connectivity index (χ1n) is 6.61. The zero-order chi connectivity index (χ0) is 12.4. The van der Waals surface area contributed by atoms with Crippen molar-refractivity contribution in [1.82, 2.24) is 9.38 Å². The monoisotopic (exact) mass is 245 g/mol. The predicted molar refractivity (Wildman–Crippen MR) is 70.7 cm³/mol. The Morgan fingerprint density at radius 1 is 1.28 bits per heavy atom. The maximum absolute atomic E-state index is 6.38. The summed E-state index contributed by atoms with van der Waals surface area (Å²) in [6, 6.07) is 5.88. The van der Waals surface area contributed by atoms with E-state index in [1.54, 1.807) is 6.20 Å². The van der Waals surface area contributed by atoms with Gasteiger partial charge in [-0.05, 0) is 25.0 Å². The van der Waals surface area contributed by atoms with Gasteiger partial charge in [-0.1, -0.05) is 25.3 Å². The van der Waals surface area contributed by atoms with Crippen LogP contribution in [-0.4, -0.2) is 21.5 Å². The molecule has 0 aliphatic heterocycles. The highest BCUT2D eigenvalue weighted by Gasteiger charge is 2.28. The lowest BCUT2D eigenvalue weighted by Gasteiger charge is -2.33. The van der Waals surface area contributed by atoms with Gasteiger partial charge in [-0.25, -0.2) is 4.98 Å². The molecule has 0 saturated heterocycles. The summed E-state index contributed by atoms with van der Waals surface area (Å²) < 4.78 is 7.87. The van der Waals surface area contributed by atoms with E-state index < -0.39 is 0 Å². The van der Waals surface area contributed by atoms with Crippen LogP contribution in [0.25, 0.3) is 5.65 Å². The van der Waals surface area contributed by atoms with Crippen molar-refractivity contribution in [3.8, 4) is 5.88 Å². The Morgan fingerprint density at radius 2 is 2.11 bits per heavy atom. The molecule has 0 spiro atoms. The number of rotatable bonds is 3. The molecule has 2 heterocycles. The van der Waals surface area contributed by atoms with Crippen molar-refractivity contribution < 1.29 is 4.74 Å². The fourth-order valence-corrected chi connectivity index (χ4v) is 2.66. The zero-order valence-electron chi connectivity index (χ0n) is 10.5. The van der Waals surface area contributed by atoms with Crippen molar-refractivity contribution in [3.05, 3.63) is 30.6 Å². The van der Waals surface area contributed by atoms with Crippen LogP contribution in [0.5, 0.6) is 5.88 Å². The Hall–Kier alpha value is -1.55. The lowest BCUT2D eigenvalue weighted by molar-refractivity contribution is 0.168. The Morgan fingerprint density at radius 3 is 2.94 bits per heavy atom. The predicted octanol–water partition coefficient (Wildman–Crippen LogP) is 2.37. The Labute approximate surface area is 107 Å². The molecule has 1 aliphatic carbocycles. The highest BCUT2D eigenvalue weighted by Crippen LogP contribution is 2.26. The molecule has 2 aromatic rings. The summed E-state index contributed by atoms with van der Waals surface area (Å²) in [6.07, 6.45) is 9.55. The van der Waals surface area contributed by atoms with Crippen molar-refractivity contribution >= 4 is 5.65 Å². The second-order valence-electron chi connectivity index (χ2n) is 5.23.